The summed E-state index contributed by atoms with van der Waals surface area (Å²) in [6.07, 6.45) is 0.742. The number of ether oxygens (including phenoxy) is 1. The number of amides is 1. The fourth-order valence-electron chi connectivity index (χ4n) is 2.13. The van der Waals surface area contributed by atoms with Crippen LogP contribution in [-0.4, -0.2) is 44.7 Å². The summed E-state index contributed by atoms with van der Waals surface area (Å²) in [4.78, 5) is 16.0. The van der Waals surface area contributed by atoms with Crippen molar-refractivity contribution < 1.29 is 9.53 Å². The van der Waals surface area contributed by atoms with Gasteiger partial charge in [-0.25, -0.2) is 0 Å². The van der Waals surface area contributed by atoms with Gasteiger partial charge in [0.05, 0.1) is 20.2 Å². The summed E-state index contributed by atoms with van der Waals surface area (Å²) in [6.45, 7) is 3.60. The lowest BCUT2D eigenvalue weighted by Gasteiger charge is -2.10. The third-order valence-corrected chi connectivity index (χ3v) is 3.23. The van der Waals surface area contributed by atoms with E-state index in [1.54, 1.807) is 7.11 Å². The number of benzene rings is 1. The van der Waals surface area contributed by atoms with E-state index in [2.05, 4.69) is 20.9 Å². The van der Waals surface area contributed by atoms with Crippen LogP contribution >= 0.6 is 0 Å². The first kappa shape index (κ1) is 15.2. The first-order valence-electron chi connectivity index (χ1n) is 7.12. The zero-order valence-electron chi connectivity index (χ0n) is 12.5. The topological polar surface area (TPSA) is 74.8 Å². The lowest BCUT2D eigenvalue weighted by Crippen LogP contribution is -2.43. The van der Waals surface area contributed by atoms with Crippen LogP contribution in [0.4, 0.5) is 0 Å². The van der Waals surface area contributed by atoms with Gasteiger partial charge in [0, 0.05) is 12.6 Å². The third-order valence-electron chi connectivity index (χ3n) is 3.23. The van der Waals surface area contributed by atoms with Gasteiger partial charge in [-0.2, -0.15) is 0 Å². The van der Waals surface area contributed by atoms with Gasteiger partial charge >= 0.3 is 0 Å². The summed E-state index contributed by atoms with van der Waals surface area (Å²) < 4.78 is 5.28. The smallest absolute Gasteiger partial charge is 0.239 e. The predicted octanol–water partition coefficient (Wildman–Crippen LogP) is 0.291. The number of hydrogen-bond acceptors (Lipinski definition) is 5. The van der Waals surface area contributed by atoms with E-state index in [0.29, 0.717) is 18.5 Å². The van der Waals surface area contributed by atoms with Gasteiger partial charge in [0.25, 0.3) is 0 Å². The second-order valence-corrected chi connectivity index (χ2v) is 5.00. The molecule has 1 aliphatic rings. The van der Waals surface area contributed by atoms with Gasteiger partial charge in [-0.1, -0.05) is 18.2 Å². The molecule has 114 valence electrons. The summed E-state index contributed by atoms with van der Waals surface area (Å²) in [5.74, 6) is 1.50. The largest absolute Gasteiger partial charge is 0.496 e. The molecule has 0 fully saturated rings. The van der Waals surface area contributed by atoms with Crippen molar-refractivity contribution in [1.29, 1.82) is 0 Å². The minimum atomic E-state index is -0.0473. The van der Waals surface area contributed by atoms with Crippen molar-refractivity contribution >= 4 is 11.9 Å². The zero-order valence-corrected chi connectivity index (χ0v) is 12.5. The molecule has 3 N–H and O–H groups in total. The van der Waals surface area contributed by atoms with Crippen LogP contribution in [0.5, 0.6) is 5.75 Å². The van der Waals surface area contributed by atoms with E-state index in [1.807, 2.05) is 31.2 Å². The van der Waals surface area contributed by atoms with Crippen LogP contribution in [0.25, 0.3) is 0 Å². The minimum Gasteiger partial charge on any atom is -0.496 e. The SMILES string of the molecule is COc1ccccc1CCNC(=O)CNC1=NCC(C)N1. The van der Waals surface area contributed by atoms with Crippen molar-refractivity contribution in [2.24, 2.45) is 4.99 Å². The maximum absolute atomic E-state index is 11.7. The molecule has 0 aromatic heterocycles. The van der Waals surface area contributed by atoms with Crippen LogP contribution in [0, 0.1) is 0 Å². The minimum absolute atomic E-state index is 0.0473. The number of aliphatic imine (C=N–C) groups is 1. The van der Waals surface area contributed by atoms with Crippen LogP contribution < -0.4 is 20.7 Å². The average molecular weight is 290 g/mol. The quantitative estimate of drug-likeness (QED) is 0.704. The standard InChI is InChI=1S/C15H22N4O2/c1-11-9-17-15(19-11)18-10-14(20)16-8-7-12-5-3-4-6-13(12)21-2/h3-6,11H,7-10H2,1-2H3,(H,16,20)(H2,17,18,19). The second kappa shape index (κ2) is 7.52. The molecule has 0 radical (unpaired) electrons. The number of rotatable bonds is 6. The summed E-state index contributed by atoms with van der Waals surface area (Å²) in [5.41, 5.74) is 1.09. The first-order valence-corrected chi connectivity index (χ1v) is 7.12. The first-order chi connectivity index (χ1) is 10.2. The molecule has 1 heterocycles. The fourth-order valence-corrected chi connectivity index (χ4v) is 2.13. The molecule has 2 rings (SSSR count). The van der Waals surface area contributed by atoms with Crippen LogP contribution in [0.2, 0.25) is 0 Å². The highest BCUT2D eigenvalue weighted by Gasteiger charge is 2.12. The molecule has 0 spiro atoms. The van der Waals surface area contributed by atoms with E-state index in [1.165, 1.54) is 0 Å². The molecule has 6 heteroatoms. The highest BCUT2D eigenvalue weighted by Crippen LogP contribution is 2.17. The molecule has 21 heavy (non-hydrogen) atoms. The van der Waals surface area contributed by atoms with Crippen molar-refractivity contribution in [3.05, 3.63) is 29.8 Å². The summed E-state index contributed by atoms with van der Waals surface area (Å²) >= 11 is 0. The van der Waals surface area contributed by atoms with Crippen LogP contribution in [0.1, 0.15) is 12.5 Å². The Morgan fingerprint density at radius 3 is 3.00 bits per heavy atom. The molecule has 1 aromatic carbocycles. The fraction of sp³-hybridized carbons (Fsp3) is 0.467. The molecule has 6 nitrogen and oxygen atoms in total. The van der Waals surface area contributed by atoms with Crippen LogP contribution in [0.15, 0.2) is 29.3 Å². The Morgan fingerprint density at radius 2 is 2.29 bits per heavy atom. The molecule has 1 atom stereocenters. The van der Waals surface area contributed by atoms with Crippen molar-refractivity contribution in [3.8, 4) is 5.75 Å². The molecule has 1 unspecified atom stereocenters. The molecule has 0 aliphatic carbocycles. The van der Waals surface area contributed by atoms with E-state index in [0.717, 1.165) is 24.3 Å². The number of nitrogens with zero attached hydrogens (tertiary/aromatic N) is 1. The highest BCUT2D eigenvalue weighted by atomic mass is 16.5. The molecular formula is C15H22N4O2. The molecule has 0 bridgehead atoms. The van der Waals surface area contributed by atoms with E-state index < -0.39 is 0 Å². The molecule has 1 aliphatic heterocycles. The van der Waals surface area contributed by atoms with Gasteiger partial charge < -0.3 is 20.7 Å². The average Bonchev–Trinajstić information content (AvgIpc) is 2.91. The van der Waals surface area contributed by atoms with Gasteiger partial charge in [0.15, 0.2) is 5.96 Å². The number of nitrogens with one attached hydrogen (secondary N) is 3. The zero-order chi connectivity index (χ0) is 15.1. The lowest BCUT2D eigenvalue weighted by atomic mass is 10.1. The maximum Gasteiger partial charge on any atom is 0.239 e. The Bertz CT molecular complexity index is 516. The number of para-hydroxylation sites is 1. The molecule has 1 aromatic rings. The molecule has 0 saturated carbocycles. The molecule has 0 saturated heterocycles. The number of carbonyl (C=O) groups excluding carboxylic acids is 1. The van der Waals surface area contributed by atoms with Gasteiger partial charge in [0.2, 0.25) is 5.91 Å². The van der Waals surface area contributed by atoms with Crippen molar-refractivity contribution in [2.45, 2.75) is 19.4 Å². The summed E-state index contributed by atoms with van der Waals surface area (Å²) in [5, 5.41) is 9.01. The van der Waals surface area contributed by atoms with E-state index in [9.17, 15) is 4.79 Å². The van der Waals surface area contributed by atoms with E-state index >= 15 is 0 Å². The Morgan fingerprint density at radius 1 is 1.48 bits per heavy atom. The van der Waals surface area contributed by atoms with Crippen molar-refractivity contribution in [1.82, 2.24) is 16.0 Å². The van der Waals surface area contributed by atoms with Crippen molar-refractivity contribution in [3.63, 3.8) is 0 Å². The number of methoxy groups -OCH3 is 1. The van der Waals surface area contributed by atoms with Gasteiger partial charge in [-0.3, -0.25) is 9.79 Å². The van der Waals surface area contributed by atoms with Gasteiger partial charge in [0.1, 0.15) is 5.75 Å². The van der Waals surface area contributed by atoms with Crippen LogP contribution in [-0.2, 0) is 11.2 Å². The Hall–Kier alpha value is -2.24. The Kier molecular flexibility index (Phi) is 5.43. The Labute approximate surface area is 125 Å². The molecule has 1 amide bonds. The van der Waals surface area contributed by atoms with Crippen LogP contribution in [0.3, 0.4) is 0 Å². The van der Waals surface area contributed by atoms with Gasteiger partial charge in [-0.15, -0.1) is 0 Å². The normalized spacial score (nSPS) is 16.9. The maximum atomic E-state index is 11.7. The highest BCUT2D eigenvalue weighted by molar-refractivity contribution is 5.87. The predicted molar refractivity (Wildman–Crippen MR) is 82.6 cm³/mol. The monoisotopic (exact) mass is 290 g/mol. The second-order valence-electron chi connectivity index (χ2n) is 5.00. The van der Waals surface area contributed by atoms with E-state index in [-0.39, 0.29) is 12.5 Å². The number of carbonyl (C=O) groups is 1. The summed E-state index contributed by atoms with van der Waals surface area (Å²) in [6, 6.07) is 8.15. The third kappa shape index (κ3) is 4.66. The Balaban J connectivity index is 1.67. The molecular weight excluding hydrogens is 268 g/mol. The number of hydrogen-bond donors (Lipinski definition) is 3. The van der Waals surface area contributed by atoms with Gasteiger partial charge in [-0.05, 0) is 25.0 Å². The summed E-state index contributed by atoms with van der Waals surface area (Å²) in [7, 11) is 1.65. The van der Waals surface area contributed by atoms with E-state index in [4.69, 9.17) is 4.74 Å². The number of guanidine groups is 1. The lowest BCUT2D eigenvalue weighted by molar-refractivity contribution is -0.119. The van der Waals surface area contributed by atoms with Crippen molar-refractivity contribution in [2.75, 3.05) is 26.7 Å².